The molecule has 2 heterocycles. The number of fused-ring (bicyclic) bond motifs is 1. The van der Waals surface area contributed by atoms with Crippen LogP contribution in [-0.2, 0) is 13.1 Å². The molecule has 2 nitrogen and oxygen atoms in total. The molecule has 3 aromatic rings. The zero-order valence-electron chi connectivity index (χ0n) is 11.8. The summed E-state index contributed by atoms with van der Waals surface area (Å²) in [6.07, 6.45) is 0. The number of nitrogens with one attached hydrogen (secondary N) is 1. The van der Waals surface area contributed by atoms with Crippen LogP contribution in [0.3, 0.4) is 0 Å². The summed E-state index contributed by atoms with van der Waals surface area (Å²) in [5, 5.41) is 9.20. The minimum Gasteiger partial charge on any atom is -0.309 e. The van der Waals surface area contributed by atoms with Crippen LogP contribution < -0.4 is 5.32 Å². The van der Waals surface area contributed by atoms with Crippen molar-refractivity contribution < 1.29 is 0 Å². The minimum absolute atomic E-state index is 0.874. The molecule has 2 aromatic heterocycles. The summed E-state index contributed by atoms with van der Waals surface area (Å²) in [5.41, 5.74) is 6.24. The molecule has 3 heteroatoms. The first-order chi connectivity index (χ1) is 9.74. The smallest absolute Gasteiger partial charge is 0.0708 e. The van der Waals surface area contributed by atoms with Gasteiger partial charge >= 0.3 is 0 Å². The van der Waals surface area contributed by atoms with E-state index in [-0.39, 0.29) is 0 Å². The molecule has 0 aliphatic heterocycles. The molecule has 3 rings (SSSR count). The number of rotatable bonds is 4. The van der Waals surface area contributed by atoms with Crippen LogP contribution in [0.5, 0.6) is 0 Å². The third-order valence-electron chi connectivity index (χ3n) is 3.52. The fourth-order valence-corrected chi connectivity index (χ4v) is 3.30. The third kappa shape index (κ3) is 2.74. The summed E-state index contributed by atoms with van der Waals surface area (Å²) in [6.45, 7) is 6.02. The number of hydrogen-bond acceptors (Lipinski definition) is 3. The Morgan fingerprint density at radius 3 is 2.65 bits per heavy atom. The van der Waals surface area contributed by atoms with Crippen LogP contribution >= 0.6 is 11.3 Å². The number of aryl methyl sites for hydroxylation is 2. The Balaban J connectivity index is 1.79. The van der Waals surface area contributed by atoms with E-state index in [0.717, 1.165) is 24.3 Å². The van der Waals surface area contributed by atoms with Crippen LogP contribution in [0, 0.1) is 13.8 Å². The van der Waals surface area contributed by atoms with Crippen LogP contribution in [0.4, 0.5) is 0 Å². The normalized spacial score (nSPS) is 11.1. The van der Waals surface area contributed by atoms with Gasteiger partial charge in [0.15, 0.2) is 0 Å². The summed E-state index contributed by atoms with van der Waals surface area (Å²) >= 11 is 1.77. The Hall–Kier alpha value is -1.71. The molecular formula is C17H18N2S. The van der Waals surface area contributed by atoms with Gasteiger partial charge in [-0.15, -0.1) is 0 Å². The quantitative estimate of drug-likeness (QED) is 0.775. The van der Waals surface area contributed by atoms with Crippen LogP contribution in [0.2, 0.25) is 0 Å². The van der Waals surface area contributed by atoms with Gasteiger partial charge in [-0.25, -0.2) is 0 Å². The van der Waals surface area contributed by atoms with Gasteiger partial charge in [-0.1, -0.05) is 18.2 Å². The maximum atomic E-state index is 4.58. The molecule has 0 amide bonds. The monoisotopic (exact) mass is 282 g/mol. The van der Waals surface area contributed by atoms with Crippen molar-refractivity contribution in [2.45, 2.75) is 26.9 Å². The summed E-state index contributed by atoms with van der Waals surface area (Å²) in [7, 11) is 0. The first kappa shape index (κ1) is 13.3. The first-order valence-corrected chi connectivity index (χ1v) is 7.76. The van der Waals surface area contributed by atoms with Crippen molar-refractivity contribution >= 4 is 22.2 Å². The fraction of sp³-hybridized carbons (Fsp3) is 0.235. The molecule has 102 valence electrons. The lowest BCUT2D eigenvalue weighted by Crippen LogP contribution is -2.13. The largest absolute Gasteiger partial charge is 0.309 e. The van der Waals surface area contributed by atoms with Crippen molar-refractivity contribution in [2.24, 2.45) is 0 Å². The van der Waals surface area contributed by atoms with Gasteiger partial charge < -0.3 is 5.32 Å². The van der Waals surface area contributed by atoms with Crippen LogP contribution in [0.25, 0.3) is 10.9 Å². The second-order valence-electron chi connectivity index (χ2n) is 5.12. The summed E-state index contributed by atoms with van der Waals surface area (Å²) in [6, 6.07) is 10.5. The highest BCUT2D eigenvalue weighted by Gasteiger charge is 2.04. The Morgan fingerprint density at radius 1 is 1.05 bits per heavy atom. The first-order valence-electron chi connectivity index (χ1n) is 6.81. The average Bonchev–Trinajstić information content (AvgIpc) is 2.84. The second-order valence-corrected chi connectivity index (χ2v) is 5.87. The summed E-state index contributed by atoms with van der Waals surface area (Å²) < 4.78 is 0. The van der Waals surface area contributed by atoms with Crippen LogP contribution in [0.15, 0.2) is 41.1 Å². The molecule has 0 atom stereocenters. The molecule has 0 spiro atoms. The van der Waals surface area contributed by atoms with Gasteiger partial charge in [-0.3, -0.25) is 4.98 Å². The molecule has 0 bridgehead atoms. The highest BCUT2D eigenvalue weighted by molar-refractivity contribution is 7.08. The van der Waals surface area contributed by atoms with E-state index in [1.54, 1.807) is 11.3 Å². The lowest BCUT2D eigenvalue weighted by molar-refractivity contribution is 0.695. The standard InChI is InChI=1S/C17H18N2S/c1-12-10-20-11-15(12)9-18-8-14-7-13(2)19-17-6-4-3-5-16(14)17/h3-7,10-11,18H,8-9H2,1-2H3. The maximum absolute atomic E-state index is 4.58. The lowest BCUT2D eigenvalue weighted by Gasteiger charge is -2.09. The van der Waals surface area contributed by atoms with Gasteiger partial charge in [0.1, 0.15) is 0 Å². The van der Waals surface area contributed by atoms with E-state index < -0.39 is 0 Å². The Labute approximate surface area is 123 Å². The summed E-state index contributed by atoms with van der Waals surface area (Å²) in [4.78, 5) is 4.58. The van der Waals surface area contributed by atoms with Crippen molar-refractivity contribution in [1.82, 2.24) is 10.3 Å². The fourth-order valence-electron chi connectivity index (χ4n) is 2.44. The van der Waals surface area contributed by atoms with Gasteiger partial charge in [0, 0.05) is 24.2 Å². The zero-order chi connectivity index (χ0) is 13.9. The van der Waals surface area contributed by atoms with Crippen LogP contribution in [0.1, 0.15) is 22.4 Å². The van der Waals surface area contributed by atoms with Crippen molar-refractivity contribution in [3.05, 3.63) is 63.5 Å². The molecule has 0 aliphatic carbocycles. The number of para-hydroxylation sites is 1. The zero-order valence-corrected chi connectivity index (χ0v) is 12.6. The van der Waals surface area contributed by atoms with Gasteiger partial charge in [-0.05, 0) is 53.4 Å². The SMILES string of the molecule is Cc1cc(CNCc2cscc2C)c2ccccc2n1. The second kappa shape index (κ2) is 5.73. The molecule has 1 aromatic carbocycles. The number of aromatic nitrogens is 1. The van der Waals surface area contributed by atoms with E-state index in [4.69, 9.17) is 0 Å². The van der Waals surface area contributed by atoms with Gasteiger partial charge in [0.2, 0.25) is 0 Å². The van der Waals surface area contributed by atoms with Gasteiger partial charge in [0.25, 0.3) is 0 Å². The van der Waals surface area contributed by atoms with E-state index in [9.17, 15) is 0 Å². The predicted molar refractivity (Wildman–Crippen MR) is 86.1 cm³/mol. The minimum atomic E-state index is 0.874. The number of hydrogen-bond donors (Lipinski definition) is 1. The van der Waals surface area contributed by atoms with Crippen molar-refractivity contribution in [3.8, 4) is 0 Å². The molecule has 20 heavy (non-hydrogen) atoms. The predicted octanol–water partition coefficient (Wildman–Crippen LogP) is 4.20. The highest BCUT2D eigenvalue weighted by atomic mass is 32.1. The lowest BCUT2D eigenvalue weighted by atomic mass is 10.1. The molecule has 0 saturated carbocycles. The number of benzene rings is 1. The molecule has 0 unspecified atom stereocenters. The van der Waals surface area contributed by atoms with Crippen molar-refractivity contribution in [1.29, 1.82) is 0 Å². The Morgan fingerprint density at radius 2 is 1.85 bits per heavy atom. The average molecular weight is 282 g/mol. The Kier molecular flexibility index (Phi) is 3.81. The molecule has 1 N–H and O–H groups in total. The van der Waals surface area contributed by atoms with E-state index in [0.29, 0.717) is 0 Å². The molecule has 0 aliphatic rings. The van der Waals surface area contributed by atoms with Gasteiger partial charge in [-0.2, -0.15) is 11.3 Å². The van der Waals surface area contributed by atoms with E-state index in [1.807, 2.05) is 6.07 Å². The topological polar surface area (TPSA) is 24.9 Å². The van der Waals surface area contributed by atoms with Crippen molar-refractivity contribution in [3.63, 3.8) is 0 Å². The molecular weight excluding hydrogens is 264 g/mol. The molecule has 0 fully saturated rings. The third-order valence-corrected chi connectivity index (χ3v) is 4.43. The molecule has 0 radical (unpaired) electrons. The van der Waals surface area contributed by atoms with E-state index in [2.05, 4.69) is 59.2 Å². The Bertz CT molecular complexity index is 731. The number of nitrogens with zero attached hydrogens (tertiary/aromatic N) is 1. The molecule has 0 saturated heterocycles. The number of thiophene rings is 1. The van der Waals surface area contributed by atoms with E-state index >= 15 is 0 Å². The summed E-state index contributed by atoms with van der Waals surface area (Å²) in [5.74, 6) is 0. The van der Waals surface area contributed by atoms with Gasteiger partial charge in [0.05, 0.1) is 5.52 Å². The maximum Gasteiger partial charge on any atom is 0.0708 e. The van der Waals surface area contributed by atoms with Crippen molar-refractivity contribution in [2.75, 3.05) is 0 Å². The van der Waals surface area contributed by atoms with E-state index in [1.165, 1.54) is 22.1 Å². The number of pyridine rings is 1. The highest BCUT2D eigenvalue weighted by Crippen LogP contribution is 2.18. The van der Waals surface area contributed by atoms with Crippen LogP contribution in [-0.4, -0.2) is 4.98 Å².